The van der Waals surface area contributed by atoms with Gasteiger partial charge in [0.1, 0.15) is 11.6 Å². The van der Waals surface area contributed by atoms with E-state index >= 15 is 0 Å². The van der Waals surface area contributed by atoms with E-state index < -0.39 is 0 Å². The second kappa shape index (κ2) is 8.68. The van der Waals surface area contributed by atoms with Crippen LogP contribution in [0.25, 0.3) is 0 Å². The predicted octanol–water partition coefficient (Wildman–Crippen LogP) is 4.27. The third-order valence-electron chi connectivity index (χ3n) is 3.64. The van der Waals surface area contributed by atoms with Crippen molar-refractivity contribution in [3.8, 4) is 5.75 Å². The smallest absolute Gasteiger partial charge is 0.224 e. The number of para-hydroxylation sites is 2. The average molecular weight is 334 g/mol. The Morgan fingerprint density at radius 3 is 2.60 bits per heavy atom. The molecule has 0 fully saturated rings. The minimum Gasteiger partial charge on any atom is -0.492 e. The van der Waals surface area contributed by atoms with Gasteiger partial charge in [-0.2, -0.15) is 4.98 Å². The normalized spacial score (nSPS) is 10.3. The topological polar surface area (TPSA) is 59.1 Å². The van der Waals surface area contributed by atoms with Gasteiger partial charge in [-0.3, -0.25) is 0 Å². The van der Waals surface area contributed by atoms with Crippen molar-refractivity contribution in [2.45, 2.75) is 13.3 Å². The first-order chi connectivity index (χ1) is 12.3. The molecule has 0 spiro atoms. The molecule has 25 heavy (non-hydrogen) atoms. The lowest BCUT2D eigenvalue weighted by molar-refractivity contribution is 0.342. The summed E-state index contributed by atoms with van der Waals surface area (Å²) in [5.74, 6) is 2.14. The Labute approximate surface area is 148 Å². The summed E-state index contributed by atoms with van der Waals surface area (Å²) in [6.07, 6.45) is 2.67. The molecule has 2 N–H and O–H groups in total. The summed E-state index contributed by atoms with van der Waals surface area (Å²) >= 11 is 0. The number of nitrogens with zero attached hydrogens (tertiary/aromatic N) is 2. The van der Waals surface area contributed by atoms with Crippen LogP contribution in [0.5, 0.6) is 5.75 Å². The van der Waals surface area contributed by atoms with E-state index in [1.807, 2.05) is 55.5 Å². The molecule has 3 aromatic rings. The van der Waals surface area contributed by atoms with Crippen LogP contribution in [0.3, 0.4) is 0 Å². The second-order valence-electron chi connectivity index (χ2n) is 5.48. The van der Waals surface area contributed by atoms with Crippen molar-refractivity contribution in [1.82, 2.24) is 9.97 Å². The molecule has 0 amide bonds. The van der Waals surface area contributed by atoms with E-state index in [1.54, 1.807) is 6.20 Å². The molecule has 0 saturated heterocycles. The first-order valence-electron chi connectivity index (χ1n) is 8.45. The molecule has 1 aromatic heterocycles. The SMILES string of the molecule is CCOc1ccccc1Nc1ccnc(NCCc2ccccc2)n1. The molecular weight excluding hydrogens is 312 g/mol. The molecule has 0 aliphatic carbocycles. The Morgan fingerprint density at radius 2 is 1.76 bits per heavy atom. The highest BCUT2D eigenvalue weighted by Crippen LogP contribution is 2.26. The fourth-order valence-corrected chi connectivity index (χ4v) is 2.47. The van der Waals surface area contributed by atoms with Gasteiger partial charge in [-0.1, -0.05) is 42.5 Å². The lowest BCUT2D eigenvalue weighted by Gasteiger charge is -2.12. The molecule has 0 aliphatic heterocycles. The molecule has 1 heterocycles. The molecular formula is C20H22N4O. The van der Waals surface area contributed by atoms with Crippen molar-refractivity contribution < 1.29 is 4.74 Å². The Hall–Kier alpha value is -3.08. The van der Waals surface area contributed by atoms with E-state index in [2.05, 4.69) is 32.7 Å². The van der Waals surface area contributed by atoms with Crippen LogP contribution in [0.15, 0.2) is 66.9 Å². The monoisotopic (exact) mass is 334 g/mol. The van der Waals surface area contributed by atoms with Gasteiger partial charge in [0.25, 0.3) is 0 Å². The van der Waals surface area contributed by atoms with Crippen molar-refractivity contribution in [3.05, 3.63) is 72.4 Å². The fourth-order valence-electron chi connectivity index (χ4n) is 2.47. The standard InChI is InChI=1S/C20H22N4O/c1-2-25-18-11-7-6-10-17(18)23-19-13-15-22-20(24-19)21-14-12-16-8-4-3-5-9-16/h3-11,13,15H,2,12,14H2,1H3,(H2,21,22,23,24). The Balaban J connectivity index is 1.62. The minimum absolute atomic E-state index is 0.606. The van der Waals surface area contributed by atoms with Crippen LogP contribution >= 0.6 is 0 Å². The minimum atomic E-state index is 0.606. The number of aromatic nitrogens is 2. The van der Waals surface area contributed by atoms with Gasteiger partial charge < -0.3 is 15.4 Å². The molecule has 128 valence electrons. The van der Waals surface area contributed by atoms with Gasteiger partial charge in [-0.05, 0) is 37.1 Å². The van der Waals surface area contributed by atoms with Crippen molar-refractivity contribution in [3.63, 3.8) is 0 Å². The zero-order valence-electron chi connectivity index (χ0n) is 14.3. The van der Waals surface area contributed by atoms with Crippen molar-refractivity contribution in [2.24, 2.45) is 0 Å². The van der Waals surface area contributed by atoms with Crippen molar-refractivity contribution >= 4 is 17.5 Å². The lowest BCUT2D eigenvalue weighted by atomic mass is 10.1. The Kier molecular flexibility index (Phi) is 5.82. The maximum atomic E-state index is 5.63. The molecule has 5 nitrogen and oxygen atoms in total. The number of nitrogens with one attached hydrogen (secondary N) is 2. The third kappa shape index (κ3) is 4.94. The molecule has 0 radical (unpaired) electrons. The fraction of sp³-hybridized carbons (Fsp3) is 0.200. The van der Waals surface area contributed by atoms with Crippen molar-refractivity contribution in [1.29, 1.82) is 0 Å². The van der Waals surface area contributed by atoms with Gasteiger partial charge in [-0.25, -0.2) is 4.98 Å². The van der Waals surface area contributed by atoms with E-state index in [1.165, 1.54) is 5.56 Å². The zero-order valence-corrected chi connectivity index (χ0v) is 14.3. The molecule has 5 heteroatoms. The molecule has 0 unspecified atom stereocenters. The van der Waals surface area contributed by atoms with Gasteiger partial charge >= 0.3 is 0 Å². The number of anilines is 3. The third-order valence-corrected chi connectivity index (χ3v) is 3.64. The largest absolute Gasteiger partial charge is 0.492 e. The summed E-state index contributed by atoms with van der Waals surface area (Å²) in [7, 11) is 0. The predicted molar refractivity (Wildman–Crippen MR) is 102 cm³/mol. The van der Waals surface area contributed by atoms with Gasteiger partial charge in [0.05, 0.1) is 12.3 Å². The summed E-state index contributed by atoms with van der Waals surface area (Å²) in [6.45, 7) is 3.37. The van der Waals surface area contributed by atoms with Crippen LogP contribution in [0.4, 0.5) is 17.5 Å². The highest BCUT2D eigenvalue weighted by molar-refractivity contribution is 5.64. The summed E-state index contributed by atoms with van der Waals surface area (Å²) in [5.41, 5.74) is 2.17. The highest BCUT2D eigenvalue weighted by atomic mass is 16.5. The Morgan fingerprint density at radius 1 is 0.960 bits per heavy atom. The number of ether oxygens (including phenoxy) is 1. The molecule has 0 aliphatic rings. The van der Waals surface area contributed by atoms with E-state index in [4.69, 9.17) is 4.74 Å². The van der Waals surface area contributed by atoms with E-state index in [9.17, 15) is 0 Å². The van der Waals surface area contributed by atoms with Crippen LogP contribution in [0, 0.1) is 0 Å². The van der Waals surface area contributed by atoms with Crippen LogP contribution in [0.2, 0.25) is 0 Å². The van der Waals surface area contributed by atoms with Crippen molar-refractivity contribution in [2.75, 3.05) is 23.8 Å². The first kappa shape index (κ1) is 16.8. The molecule has 3 rings (SSSR count). The van der Waals surface area contributed by atoms with Gasteiger partial charge in [0.15, 0.2) is 0 Å². The van der Waals surface area contributed by atoms with E-state index in [0.717, 1.165) is 30.2 Å². The average Bonchev–Trinajstić information content (AvgIpc) is 2.65. The summed E-state index contributed by atoms with van der Waals surface area (Å²) in [4.78, 5) is 8.79. The van der Waals surface area contributed by atoms with E-state index in [-0.39, 0.29) is 0 Å². The van der Waals surface area contributed by atoms with Crippen LogP contribution in [-0.4, -0.2) is 23.1 Å². The summed E-state index contributed by atoms with van der Waals surface area (Å²) in [6, 6.07) is 20.0. The number of hydrogen-bond acceptors (Lipinski definition) is 5. The zero-order chi connectivity index (χ0) is 17.3. The first-order valence-corrected chi connectivity index (χ1v) is 8.45. The maximum Gasteiger partial charge on any atom is 0.224 e. The van der Waals surface area contributed by atoms with Gasteiger partial charge in [0, 0.05) is 12.7 Å². The van der Waals surface area contributed by atoms with Crippen LogP contribution < -0.4 is 15.4 Å². The summed E-state index contributed by atoms with van der Waals surface area (Å²) in [5, 5.41) is 6.56. The molecule has 0 saturated carbocycles. The highest BCUT2D eigenvalue weighted by Gasteiger charge is 2.05. The quantitative estimate of drug-likeness (QED) is 0.644. The van der Waals surface area contributed by atoms with Crippen LogP contribution in [0.1, 0.15) is 12.5 Å². The second-order valence-corrected chi connectivity index (χ2v) is 5.48. The maximum absolute atomic E-state index is 5.63. The lowest BCUT2D eigenvalue weighted by Crippen LogP contribution is -2.08. The molecule has 2 aromatic carbocycles. The van der Waals surface area contributed by atoms with E-state index in [0.29, 0.717) is 12.6 Å². The number of hydrogen-bond donors (Lipinski definition) is 2. The number of benzene rings is 2. The summed E-state index contributed by atoms with van der Waals surface area (Å²) < 4.78 is 5.63. The molecule has 0 bridgehead atoms. The van der Waals surface area contributed by atoms with Gasteiger partial charge in [0.2, 0.25) is 5.95 Å². The van der Waals surface area contributed by atoms with Gasteiger partial charge in [-0.15, -0.1) is 0 Å². The number of rotatable bonds is 8. The Bertz CT molecular complexity index is 792. The van der Waals surface area contributed by atoms with Crippen LogP contribution in [-0.2, 0) is 6.42 Å². The molecule has 0 atom stereocenters.